The Kier molecular flexibility index (Phi) is 5.24. The second kappa shape index (κ2) is 6.49. The lowest BCUT2D eigenvalue weighted by atomic mass is 10.1. The SMILES string of the molecule is CCC(C)COc1ccc(/C(N)=N/O)cc1C(F)(F)F. The largest absolute Gasteiger partial charge is 0.493 e. The van der Waals surface area contributed by atoms with Gasteiger partial charge in [0, 0.05) is 5.56 Å². The second-order valence-corrected chi connectivity index (χ2v) is 4.52. The predicted octanol–water partition coefficient (Wildman–Crippen LogP) is 3.22. The Hall–Kier alpha value is -1.92. The average molecular weight is 290 g/mol. The van der Waals surface area contributed by atoms with Crippen molar-refractivity contribution in [3.63, 3.8) is 0 Å². The van der Waals surface area contributed by atoms with Crippen LogP contribution in [0.4, 0.5) is 13.2 Å². The van der Waals surface area contributed by atoms with Crippen molar-refractivity contribution in [2.45, 2.75) is 26.4 Å². The van der Waals surface area contributed by atoms with Crippen LogP contribution in [0.1, 0.15) is 31.4 Å². The molecule has 0 amide bonds. The summed E-state index contributed by atoms with van der Waals surface area (Å²) in [6, 6.07) is 3.30. The second-order valence-electron chi connectivity index (χ2n) is 4.52. The zero-order chi connectivity index (χ0) is 15.3. The minimum Gasteiger partial charge on any atom is -0.493 e. The highest BCUT2D eigenvalue weighted by Crippen LogP contribution is 2.37. The molecule has 1 aromatic carbocycles. The predicted molar refractivity (Wildman–Crippen MR) is 68.9 cm³/mol. The van der Waals surface area contributed by atoms with Gasteiger partial charge in [-0.25, -0.2) is 0 Å². The molecule has 1 unspecified atom stereocenters. The highest BCUT2D eigenvalue weighted by Gasteiger charge is 2.35. The summed E-state index contributed by atoms with van der Waals surface area (Å²) in [5.74, 6) is -0.490. The normalized spacial score (nSPS) is 14.2. The molecule has 0 heterocycles. The van der Waals surface area contributed by atoms with Crippen molar-refractivity contribution in [3.05, 3.63) is 29.3 Å². The summed E-state index contributed by atoms with van der Waals surface area (Å²) in [4.78, 5) is 0. The Labute approximate surface area is 115 Å². The summed E-state index contributed by atoms with van der Waals surface area (Å²) in [6.07, 6.45) is -3.76. The molecule has 20 heavy (non-hydrogen) atoms. The van der Waals surface area contributed by atoms with E-state index in [9.17, 15) is 13.2 Å². The van der Waals surface area contributed by atoms with Gasteiger partial charge in [0.2, 0.25) is 0 Å². The summed E-state index contributed by atoms with van der Waals surface area (Å²) < 4.78 is 44.2. The standard InChI is InChI=1S/C13H17F3N2O2/c1-3-8(2)7-20-11-5-4-9(12(17)18-19)6-10(11)13(14,15)16/h4-6,8,19H,3,7H2,1-2H3,(H2,17,18). The molecule has 0 radical (unpaired) electrons. The topological polar surface area (TPSA) is 67.8 Å². The molecule has 1 aromatic rings. The first-order valence-corrected chi connectivity index (χ1v) is 6.11. The number of alkyl halides is 3. The maximum Gasteiger partial charge on any atom is 0.419 e. The van der Waals surface area contributed by atoms with Crippen LogP contribution in [0.2, 0.25) is 0 Å². The van der Waals surface area contributed by atoms with Gasteiger partial charge >= 0.3 is 6.18 Å². The van der Waals surface area contributed by atoms with E-state index in [2.05, 4.69) is 5.16 Å². The summed E-state index contributed by atoms with van der Waals surface area (Å²) in [5.41, 5.74) is 4.33. The lowest BCUT2D eigenvalue weighted by Crippen LogP contribution is -2.17. The van der Waals surface area contributed by atoms with Crippen LogP contribution in [0.5, 0.6) is 5.75 Å². The van der Waals surface area contributed by atoms with E-state index in [-0.39, 0.29) is 29.7 Å². The third kappa shape index (κ3) is 4.04. The van der Waals surface area contributed by atoms with Crippen molar-refractivity contribution in [1.29, 1.82) is 0 Å². The number of oxime groups is 1. The molecular formula is C13H17F3N2O2. The summed E-state index contributed by atoms with van der Waals surface area (Å²) >= 11 is 0. The summed E-state index contributed by atoms with van der Waals surface area (Å²) in [6.45, 7) is 4.01. The number of rotatable bonds is 5. The first-order chi connectivity index (χ1) is 9.29. The number of nitrogens with zero attached hydrogens (tertiary/aromatic N) is 1. The Morgan fingerprint density at radius 3 is 2.60 bits per heavy atom. The quantitative estimate of drug-likeness (QED) is 0.378. The fourth-order valence-corrected chi connectivity index (χ4v) is 1.44. The zero-order valence-electron chi connectivity index (χ0n) is 11.2. The molecule has 7 heteroatoms. The molecule has 0 fully saturated rings. The molecule has 112 valence electrons. The number of hydrogen-bond donors (Lipinski definition) is 2. The molecule has 1 atom stereocenters. The first-order valence-electron chi connectivity index (χ1n) is 6.11. The van der Waals surface area contributed by atoms with Crippen LogP contribution in [0, 0.1) is 5.92 Å². The molecule has 0 aromatic heterocycles. The van der Waals surface area contributed by atoms with Crippen LogP contribution in [0.25, 0.3) is 0 Å². The molecule has 0 bridgehead atoms. The highest BCUT2D eigenvalue weighted by molar-refractivity contribution is 5.97. The molecule has 0 aliphatic heterocycles. The van der Waals surface area contributed by atoms with Crippen molar-refractivity contribution in [2.24, 2.45) is 16.8 Å². The van der Waals surface area contributed by atoms with E-state index in [4.69, 9.17) is 15.7 Å². The lowest BCUT2D eigenvalue weighted by Gasteiger charge is -2.17. The summed E-state index contributed by atoms with van der Waals surface area (Å²) in [5, 5.41) is 11.2. The van der Waals surface area contributed by atoms with E-state index in [1.807, 2.05) is 13.8 Å². The number of ether oxygens (including phenoxy) is 1. The molecule has 0 aliphatic rings. The number of amidine groups is 1. The van der Waals surface area contributed by atoms with Gasteiger partial charge in [-0.2, -0.15) is 13.2 Å². The molecule has 1 rings (SSSR count). The maximum atomic E-state index is 13.0. The smallest absolute Gasteiger partial charge is 0.419 e. The van der Waals surface area contributed by atoms with Crippen LogP contribution in [0.3, 0.4) is 0 Å². The van der Waals surface area contributed by atoms with E-state index in [0.29, 0.717) is 0 Å². The van der Waals surface area contributed by atoms with E-state index in [1.54, 1.807) is 0 Å². The van der Waals surface area contributed by atoms with Gasteiger partial charge in [-0.3, -0.25) is 0 Å². The fourth-order valence-electron chi connectivity index (χ4n) is 1.44. The molecular weight excluding hydrogens is 273 g/mol. The molecule has 0 spiro atoms. The van der Waals surface area contributed by atoms with E-state index < -0.39 is 11.7 Å². The van der Waals surface area contributed by atoms with Crippen LogP contribution in [0.15, 0.2) is 23.4 Å². The van der Waals surface area contributed by atoms with Crippen molar-refractivity contribution < 1.29 is 23.1 Å². The van der Waals surface area contributed by atoms with E-state index in [0.717, 1.165) is 12.5 Å². The van der Waals surface area contributed by atoms with Crippen LogP contribution < -0.4 is 10.5 Å². The molecule has 3 N–H and O–H groups in total. The van der Waals surface area contributed by atoms with Crippen LogP contribution >= 0.6 is 0 Å². The van der Waals surface area contributed by atoms with Crippen molar-refractivity contribution in [1.82, 2.24) is 0 Å². The third-order valence-electron chi connectivity index (χ3n) is 2.91. The van der Waals surface area contributed by atoms with E-state index in [1.165, 1.54) is 12.1 Å². The van der Waals surface area contributed by atoms with E-state index >= 15 is 0 Å². The van der Waals surface area contributed by atoms with Crippen molar-refractivity contribution in [3.8, 4) is 5.75 Å². The van der Waals surface area contributed by atoms with Crippen LogP contribution in [-0.4, -0.2) is 17.6 Å². The summed E-state index contributed by atoms with van der Waals surface area (Å²) in [7, 11) is 0. The highest BCUT2D eigenvalue weighted by atomic mass is 19.4. The average Bonchev–Trinajstić information content (AvgIpc) is 2.42. The molecule has 0 saturated carbocycles. The Morgan fingerprint density at radius 2 is 2.10 bits per heavy atom. The van der Waals surface area contributed by atoms with Gasteiger partial charge in [0.05, 0.1) is 12.2 Å². The zero-order valence-corrected chi connectivity index (χ0v) is 11.2. The van der Waals surface area contributed by atoms with Gasteiger partial charge in [0.25, 0.3) is 0 Å². The minimum absolute atomic E-state index is 0.0179. The van der Waals surface area contributed by atoms with Gasteiger partial charge in [0.1, 0.15) is 5.75 Å². The van der Waals surface area contributed by atoms with Crippen molar-refractivity contribution >= 4 is 5.84 Å². The lowest BCUT2D eigenvalue weighted by molar-refractivity contribution is -0.139. The first kappa shape index (κ1) is 16.1. The number of benzene rings is 1. The van der Waals surface area contributed by atoms with Gasteiger partial charge in [-0.15, -0.1) is 0 Å². The minimum atomic E-state index is -4.57. The monoisotopic (exact) mass is 290 g/mol. The van der Waals surface area contributed by atoms with Crippen LogP contribution in [-0.2, 0) is 6.18 Å². The third-order valence-corrected chi connectivity index (χ3v) is 2.91. The number of halogens is 3. The Morgan fingerprint density at radius 1 is 1.45 bits per heavy atom. The fraction of sp³-hybridized carbons (Fsp3) is 0.462. The number of hydrogen-bond acceptors (Lipinski definition) is 3. The Balaban J connectivity index is 3.11. The van der Waals surface area contributed by atoms with Gasteiger partial charge in [0.15, 0.2) is 5.84 Å². The maximum absolute atomic E-state index is 13.0. The van der Waals surface area contributed by atoms with Gasteiger partial charge < -0.3 is 15.7 Å². The molecule has 4 nitrogen and oxygen atoms in total. The molecule has 0 aliphatic carbocycles. The van der Waals surface area contributed by atoms with Gasteiger partial charge in [-0.1, -0.05) is 25.4 Å². The van der Waals surface area contributed by atoms with Gasteiger partial charge in [-0.05, 0) is 24.1 Å². The number of nitrogens with two attached hydrogens (primary N) is 1. The van der Waals surface area contributed by atoms with Crippen molar-refractivity contribution in [2.75, 3.05) is 6.61 Å². The molecule has 0 saturated heterocycles. The Bertz CT molecular complexity index is 487.